The van der Waals surface area contributed by atoms with Gasteiger partial charge in [-0.3, -0.25) is 4.68 Å². The summed E-state index contributed by atoms with van der Waals surface area (Å²) in [4.78, 5) is 34.3. The number of anilines is 2. The Balaban J connectivity index is 1.49. The van der Waals surface area contributed by atoms with Crippen molar-refractivity contribution in [2.24, 2.45) is 7.05 Å². The molecular formula is C31H39N5O5. The van der Waals surface area contributed by atoms with Crippen LogP contribution in [-0.2, 0) is 23.1 Å². The van der Waals surface area contributed by atoms with Gasteiger partial charge in [0.05, 0.1) is 11.9 Å². The molecule has 0 bridgehead atoms. The fraction of sp³-hybridized carbons (Fsp3) is 0.484. The minimum absolute atomic E-state index is 0.205. The van der Waals surface area contributed by atoms with Crippen LogP contribution in [0.4, 0.5) is 21.1 Å². The predicted octanol–water partition coefficient (Wildman–Crippen LogP) is 6.56. The fourth-order valence-corrected chi connectivity index (χ4v) is 5.21. The van der Waals surface area contributed by atoms with Crippen LogP contribution >= 0.6 is 0 Å². The maximum absolute atomic E-state index is 13.8. The number of piperidine rings is 1. The van der Waals surface area contributed by atoms with Crippen LogP contribution in [-0.4, -0.2) is 56.1 Å². The number of aromatic nitrogens is 3. The molecule has 4 heterocycles. The van der Waals surface area contributed by atoms with Gasteiger partial charge in [0.15, 0.2) is 0 Å². The first-order valence-corrected chi connectivity index (χ1v) is 14.0. The Morgan fingerprint density at radius 1 is 0.976 bits per heavy atom. The third-order valence-corrected chi connectivity index (χ3v) is 7.05. The molecule has 0 unspecified atom stereocenters. The standard InChI is InChI=1S/C31H39N5O5/c1-30(2,3)40-28(37)35-14-11-20(12-15-35)21-8-9-26-25(16-21)36(29(38)41-31(4,5)6)27-24(19-39-26)23(10-13-32-27)22-17-33-34(7)18-22/h8-10,13,16-18,20H,11-12,14-15,19H2,1-7H3. The smallest absolute Gasteiger partial charge is 0.420 e. The first kappa shape index (κ1) is 28.4. The molecule has 2 amide bonds. The van der Waals surface area contributed by atoms with Gasteiger partial charge in [-0.25, -0.2) is 19.5 Å². The third-order valence-electron chi connectivity index (χ3n) is 7.05. The van der Waals surface area contributed by atoms with Crippen molar-refractivity contribution in [1.29, 1.82) is 0 Å². The molecule has 0 saturated carbocycles. The number of likely N-dealkylation sites (tertiary alicyclic amines) is 1. The van der Waals surface area contributed by atoms with Crippen LogP contribution in [0.25, 0.3) is 11.1 Å². The van der Waals surface area contributed by atoms with E-state index in [-0.39, 0.29) is 18.6 Å². The maximum Gasteiger partial charge on any atom is 0.420 e. The number of benzene rings is 1. The average molecular weight is 562 g/mol. The van der Waals surface area contributed by atoms with Crippen LogP contribution in [0.3, 0.4) is 0 Å². The fourth-order valence-electron chi connectivity index (χ4n) is 5.21. The number of nitrogens with zero attached hydrogens (tertiary/aromatic N) is 5. The Kier molecular flexibility index (Phi) is 7.44. The molecule has 2 aromatic heterocycles. The molecule has 0 spiro atoms. The highest BCUT2D eigenvalue weighted by Crippen LogP contribution is 2.44. The van der Waals surface area contributed by atoms with E-state index in [9.17, 15) is 9.59 Å². The quantitative estimate of drug-likeness (QED) is 0.349. The molecule has 1 fully saturated rings. The number of hydrogen-bond acceptors (Lipinski definition) is 7. The van der Waals surface area contributed by atoms with E-state index in [2.05, 4.69) is 10.1 Å². The number of ether oxygens (including phenoxy) is 3. The van der Waals surface area contributed by atoms with Crippen molar-refractivity contribution in [3.05, 3.63) is 54.0 Å². The molecule has 2 aliphatic heterocycles. The van der Waals surface area contributed by atoms with Crippen molar-refractivity contribution < 1.29 is 23.8 Å². The number of rotatable bonds is 2. The number of amides is 2. The summed E-state index contributed by atoms with van der Waals surface area (Å²) in [5.41, 5.74) is 2.98. The van der Waals surface area contributed by atoms with Crippen LogP contribution in [0.1, 0.15) is 71.4 Å². The average Bonchev–Trinajstić information content (AvgIpc) is 3.24. The van der Waals surface area contributed by atoms with Gasteiger partial charge < -0.3 is 19.1 Å². The number of pyridine rings is 1. The molecule has 0 atom stereocenters. The summed E-state index contributed by atoms with van der Waals surface area (Å²) >= 11 is 0. The molecular weight excluding hydrogens is 522 g/mol. The minimum atomic E-state index is -0.711. The van der Waals surface area contributed by atoms with Gasteiger partial charge in [-0.15, -0.1) is 0 Å². The van der Waals surface area contributed by atoms with Crippen molar-refractivity contribution in [2.45, 2.75) is 78.1 Å². The molecule has 41 heavy (non-hydrogen) atoms. The third kappa shape index (κ3) is 6.31. The monoisotopic (exact) mass is 561 g/mol. The lowest BCUT2D eigenvalue weighted by Gasteiger charge is -2.34. The molecule has 10 nitrogen and oxygen atoms in total. The molecule has 0 N–H and O–H groups in total. The summed E-state index contributed by atoms with van der Waals surface area (Å²) in [5, 5.41) is 4.32. The second-order valence-corrected chi connectivity index (χ2v) is 12.6. The highest BCUT2D eigenvalue weighted by Gasteiger charge is 2.35. The zero-order valence-electron chi connectivity index (χ0n) is 24.9. The minimum Gasteiger partial charge on any atom is -0.487 e. The Morgan fingerprint density at radius 3 is 2.29 bits per heavy atom. The summed E-state index contributed by atoms with van der Waals surface area (Å²) in [5.74, 6) is 1.24. The largest absolute Gasteiger partial charge is 0.487 e. The summed E-state index contributed by atoms with van der Waals surface area (Å²) in [7, 11) is 1.86. The molecule has 5 rings (SSSR count). The van der Waals surface area contributed by atoms with E-state index in [1.807, 2.05) is 79.1 Å². The van der Waals surface area contributed by atoms with E-state index < -0.39 is 17.3 Å². The molecule has 218 valence electrons. The Labute approximate surface area is 241 Å². The van der Waals surface area contributed by atoms with Crippen LogP contribution in [0.2, 0.25) is 0 Å². The maximum atomic E-state index is 13.8. The van der Waals surface area contributed by atoms with Gasteiger partial charge in [-0.05, 0) is 89.6 Å². The first-order chi connectivity index (χ1) is 19.3. The van der Waals surface area contributed by atoms with Crippen molar-refractivity contribution in [2.75, 3.05) is 18.0 Å². The summed E-state index contributed by atoms with van der Waals surface area (Å²) in [6, 6.07) is 7.87. The van der Waals surface area contributed by atoms with Crippen LogP contribution in [0.15, 0.2) is 42.9 Å². The molecule has 1 aromatic carbocycles. The lowest BCUT2D eigenvalue weighted by Crippen LogP contribution is -2.41. The zero-order valence-corrected chi connectivity index (χ0v) is 24.9. The number of hydrogen-bond donors (Lipinski definition) is 0. The normalized spacial score (nSPS) is 15.9. The van der Waals surface area contributed by atoms with Crippen molar-refractivity contribution in [3.63, 3.8) is 0 Å². The summed E-state index contributed by atoms with van der Waals surface area (Å²) in [6.45, 7) is 12.6. The number of aryl methyl sites for hydroxylation is 1. The molecule has 10 heteroatoms. The van der Waals surface area contributed by atoms with Crippen LogP contribution in [0.5, 0.6) is 5.75 Å². The molecule has 0 aliphatic carbocycles. The molecule has 1 saturated heterocycles. The molecule has 3 aromatic rings. The van der Waals surface area contributed by atoms with Crippen LogP contribution < -0.4 is 9.64 Å². The van der Waals surface area contributed by atoms with Gasteiger partial charge in [0.1, 0.15) is 29.4 Å². The van der Waals surface area contributed by atoms with Gasteiger partial charge in [0.25, 0.3) is 0 Å². The van der Waals surface area contributed by atoms with Crippen molar-refractivity contribution in [1.82, 2.24) is 19.7 Å². The lowest BCUT2D eigenvalue weighted by atomic mass is 9.89. The number of carbonyl (C=O) groups is 2. The first-order valence-electron chi connectivity index (χ1n) is 14.0. The summed E-state index contributed by atoms with van der Waals surface area (Å²) < 4.78 is 19.5. The Hall–Kier alpha value is -4.08. The highest BCUT2D eigenvalue weighted by atomic mass is 16.6. The van der Waals surface area contributed by atoms with E-state index in [0.717, 1.165) is 35.1 Å². The highest BCUT2D eigenvalue weighted by molar-refractivity contribution is 5.99. The second-order valence-electron chi connectivity index (χ2n) is 12.6. The van der Waals surface area contributed by atoms with E-state index in [1.54, 1.807) is 22.0 Å². The van der Waals surface area contributed by atoms with Crippen LogP contribution in [0, 0.1) is 0 Å². The van der Waals surface area contributed by atoms with Gasteiger partial charge in [-0.1, -0.05) is 6.07 Å². The number of carbonyl (C=O) groups excluding carboxylic acids is 2. The SMILES string of the molecule is Cn1cc(-c2ccnc3c2COc2ccc(C4CCN(C(=O)OC(C)(C)C)CC4)cc2N3C(=O)OC(C)(C)C)cn1. The zero-order chi connectivity index (χ0) is 29.5. The number of fused-ring (bicyclic) bond motifs is 2. The topological polar surface area (TPSA) is 99.0 Å². The summed E-state index contributed by atoms with van der Waals surface area (Å²) in [6.07, 6.45) is 6.16. The van der Waals surface area contributed by atoms with Gasteiger partial charge >= 0.3 is 12.2 Å². The second kappa shape index (κ2) is 10.7. The predicted molar refractivity (Wildman–Crippen MR) is 155 cm³/mol. The molecule has 0 radical (unpaired) electrons. The van der Waals surface area contributed by atoms with Gasteiger partial charge in [0, 0.05) is 43.7 Å². The van der Waals surface area contributed by atoms with E-state index in [0.29, 0.717) is 30.3 Å². The Morgan fingerprint density at radius 2 is 1.66 bits per heavy atom. The Bertz CT molecular complexity index is 1440. The van der Waals surface area contributed by atoms with E-state index in [4.69, 9.17) is 14.2 Å². The van der Waals surface area contributed by atoms with E-state index >= 15 is 0 Å². The van der Waals surface area contributed by atoms with Gasteiger partial charge in [-0.2, -0.15) is 5.10 Å². The van der Waals surface area contributed by atoms with Crippen molar-refractivity contribution in [3.8, 4) is 16.9 Å². The van der Waals surface area contributed by atoms with E-state index in [1.165, 1.54) is 4.90 Å². The van der Waals surface area contributed by atoms with Crippen molar-refractivity contribution >= 4 is 23.7 Å². The molecule has 2 aliphatic rings. The van der Waals surface area contributed by atoms with Gasteiger partial charge in [0.2, 0.25) is 0 Å². The lowest BCUT2D eigenvalue weighted by molar-refractivity contribution is 0.0204.